The van der Waals surface area contributed by atoms with Gasteiger partial charge in [-0.2, -0.15) is 15.0 Å². The quantitative estimate of drug-likeness (QED) is 0.799. The predicted molar refractivity (Wildman–Crippen MR) is 77.9 cm³/mol. The number of carbonyl (C=O) groups excluding carboxylic acids is 1. The number of aromatic nitrogens is 4. The Balaban J connectivity index is 1.69. The second-order valence-corrected chi connectivity index (χ2v) is 4.56. The molecule has 22 heavy (non-hydrogen) atoms. The zero-order valence-electron chi connectivity index (χ0n) is 11.5. The van der Waals surface area contributed by atoms with Crippen LogP contribution in [-0.2, 0) is 11.2 Å². The van der Waals surface area contributed by atoms with E-state index in [1.807, 2.05) is 6.07 Å². The van der Waals surface area contributed by atoms with Crippen LogP contribution in [0.2, 0.25) is 0 Å². The van der Waals surface area contributed by atoms with Crippen molar-refractivity contribution < 1.29 is 9.18 Å². The molecule has 0 radical (unpaired) electrons. The largest absolute Gasteiger partial charge is 0.326 e. The molecule has 1 N–H and O–H groups in total. The maximum absolute atomic E-state index is 12.8. The molecule has 7 heteroatoms. The van der Waals surface area contributed by atoms with Crippen molar-refractivity contribution in [3.63, 3.8) is 0 Å². The predicted octanol–water partition coefficient (Wildman–Crippen LogP) is 1.98. The van der Waals surface area contributed by atoms with Crippen molar-refractivity contribution in [2.45, 2.75) is 6.42 Å². The Hall–Kier alpha value is -3.09. The molecule has 0 atom stereocenters. The summed E-state index contributed by atoms with van der Waals surface area (Å²) in [4.78, 5) is 17.3. The number of hydrogen-bond donors (Lipinski definition) is 1. The van der Waals surface area contributed by atoms with Gasteiger partial charge < -0.3 is 5.32 Å². The molecule has 0 spiro atoms. The summed E-state index contributed by atoms with van der Waals surface area (Å²) in [5.74, 6) is -0.659. The van der Waals surface area contributed by atoms with Crippen LogP contribution in [0.3, 0.4) is 0 Å². The normalized spacial score (nSPS) is 10.4. The van der Waals surface area contributed by atoms with Gasteiger partial charge in [0.05, 0.1) is 30.7 Å². The van der Waals surface area contributed by atoms with Gasteiger partial charge in [-0.25, -0.2) is 4.39 Å². The number of rotatable bonds is 4. The Morgan fingerprint density at radius 2 is 2.00 bits per heavy atom. The number of nitrogens with zero attached hydrogens (tertiary/aromatic N) is 4. The summed E-state index contributed by atoms with van der Waals surface area (Å²) < 4.78 is 12.8. The lowest BCUT2D eigenvalue weighted by Gasteiger charge is -2.07. The summed E-state index contributed by atoms with van der Waals surface area (Å²) >= 11 is 0. The van der Waals surface area contributed by atoms with Crippen LogP contribution >= 0.6 is 0 Å². The fraction of sp³-hybridized carbons (Fsp3) is 0.0667. The van der Waals surface area contributed by atoms with Crippen LogP contribution in [0.25, 0.3) is 5.69 Å². The van der Waals surface area contributed by atoms with E-state index in [-0.39, 0.29) is 12.3 Å². The maximum Gasteiger partial charge on any atom is 0.230 e. The van der Waals surface area contributed by atoms with Gasteiger partial charge in [-0.15, -0.1) is 0 Å². The lowest BCUT2D eigenvalue weighted by molar-refractivity contribution is -0.115. The summed E-state index contributed by atoms with van der Waals surface area (Å²) in [5.41, 5.74) is 1.87. The molecule has 0 aliphatic rings. The fourth-order valence-corrected chi connectivity index (χ4v) is 1.94. The molecule has 2 aromatic heterocycles. The van der Waals surface area contributed by atoms with Crippen LogP contribution in [0, 0.1) is 5.82 Å². The van der Waals surface area contributed by atoms with E-state index >= 15 is 0 Å². The van der Waals surface area contributed by atoms with E-state index in [0.29, 0.717) is 11.4 Å². The third-order valence-corrected chi connectivity index (χ3v) is 2.91. The molecular formula is C15H12FN5O. The Bertz CT molecular complexity index is 771. The Labute approximate surface area is 125 Å². The van der Waals surface area contributed by atoms with Gasteiger partial charge in [-0.1, -0.05) is 6.07 Å². The Morgan fingerprint density at radius 3 is 2.73 bits per heavy atom. The van der Waals surface area contributed by atoms with Crippen LogP contribution in [0.1, 0.15) is 5.69 Å². The standard InChI is InChI=1S/C15H12FN5O/c16-11-4-5-12(17-10-11)9-15(22)20-13-2-1-3-14(8-13)21-18-6-7-19-21/h1-8,10H,9H2,(H,20,22). The molecule has 0 saturated heterocycles. The summed E-state index contributed by atoms with van der Waals surface area (Å²) in [5, 5.41) is 10.8. The first-order valence-electron chi connectivity index (χ1n) is 6.58. The van der Waals surface area contributed by atoms with E-state index in [9.17, 15) is 9.18 Å². The van der Waals surface area contributed by atoms with Crippen LogP contribution in [0.4, 0.5) is 10.1 Å². The summed E-state index contributed by atoms with van der Waals surface area (Å²) in [7, 11) is 0. The average molecular weight is 297 g/mol. The molecule has 6 nitrogen and oxygen atoms in total. The highest BCUT2D eigenvalue weighted by Crippen LogP contribution is 2.13. The molecule has 0 unspecified atom stereocenters. The topological polar surface area (TPSA) is 72.7 Å². The molecule has 0 aliphatic heterocycles. The molecule has 1 aromatic carbocycles. The number of amides is 1. The van der Waals surface area contributed by atoms with Crippen molar-refractivity contribution in [1.82, 2.24) is 20.0 Å². The SMILES string of the molecule is O=C(Cc1ccc(F)cn1)Nc1cccc(-n2nccn2)c1. The number of nitrogens with one attached hydrogen (secondary N) is 1. The zero-order valence-corrected chi connectivity index (χ0v) is 11.5. The van der Waals surface area contributed by atoms with E-state index in [1.54, 1.807) is 30.6 Å². The molecular weight excluding hydrogens is 285 g/mol. The van der Waals surface area contributed by atoms with Gasteiger partial charge in [0.25, 0.3) is 0 Å². The smallest absolute Gasteiger partial charge is 0.230 e. The summed E-state index contributed by atoms with van der Waals surface area (Å²) in [6.07, 6.45) is 4.31. The molecule has 0 bridgehead atoms. The number of benzene rings is 1. The lowest BCUT2D eigenvalue weighted by Crippen LogP contribution is -2.15. The molecule has 110 valence electrons. The number of carbonyl (C=O) groups is 1. The van der Waals surface area contributed by atoms with Crippen molar-refractivity contribution in [2.24, 2.45) is 0 Å². The van der Waals surface area contributed by atoms with Gasteiger partial charge in [0.1, 0.15) is 5.82 Å². The van der Waals surface area contributed by atoms with Crippen molar-refractivity contribution in [2.75, 3.05) is 5.32 Å². The molecule has 2 heterocycles. The van der Waals surface area contributed by atoms with Crippen molar-refractivity contribution in [3.8, 4) is 5.69 Å². The summed E-state index contributed by atoms with van der Waals surface area (Å²) in [6, 6.07) is 9.92. The molecule has 0 saturated carbocycles. The van der Waals surface area contributed by atoms with Crippen LogP contribution < -0.4 is 5.32 Å². The fourth-order valence-electron chi connectivity index (χ4n) is 1.94. The zero-order chi connectivity index (χ0) is 15.4. The second kappa shape index (κ2) is 6.13. The third kappa shape index (κ3) is 3.32. The van der Waals surface area contributed by atoms with Crippen LogP contribution in [0.15, 0.2) is 55.0 Å². The van der Waals surface area contributed by atoms with E-state index in [1.165, 1.54) is 16.9 Å². The van der Waals surface area contributed by atoms with Crippen LogP contribution in [-0.4, -0.2) is 25.9 Å². The van der Waals surface area contributed by atoms with E-state index in [4.69, 9.17) is 0 Å². The summed E-state index contributed by atoms with van der Waals surface area (Å²) in [6.45, 7) is 0. The lowest BCUT2D eigenvalue weighted by atomic mass is 10.2. The molecule has 1 amide bonds. The highest BCUT2D eigenvalue weighted by atomic mass is 19.1. The molecule has 3 rings (SSSR count). The number of pyridine rings is 1. The van der Waals surface area contributed by atoms with Gasteiger partial charge in [-0.05, 0) is 30.3 Å². The third-order valence-electron chi connectivity index (χ3n) is 2.91. The van der Waals surface area contributed by atoms with Crippen molar-refractivity contribution in [3.05, 3.63) is 66.5 Å². The maximum atomic E-state index is 12.8. The molecule has 3 aromatic rings. The highest BCUT2D eigenvalue weighted by Gasteiger charge is 2.07. The Kier molecular flexibility index (Phi) is 3.86. The second-order valence-electron chi connectivity index (χ2n) is 4.56. The minimum absolute atomic E-state index is 0.0739. The van der Waals surface area contributed by atoms with Gasteiger partial charge in [0.2, 0.25) is 5.91 Å². The molecule has 0 fully saturated rings. The van der Waals surface area contributed by atoms with Gasteiger partial charge in [-0.3, -0.25) is 9.78 Å². The van der Waals surface area contributed by atoms with Gasteiger partial charge >= 0.3 is 0 Å². The van der Waals surface area contributed by atoms with Crippen molar-refractivity contribution in [1.29, 1.82) is 0 Å². The average Bonchev–Trinajstić information content (AvgIpc) is 3.04. The van der Waals surface area contributed by atoms with Gasteiger partial charge in [0.15, 0.2) is 0 Å². The first-order chi connectivity index (χ1) is 10.7. The van der Waals surface area contributed by atoms with Crippen molar-refractivity contribution >= 4 is 11.6 Å². The first kappa shape index (κ1) is 13.9. The number of anilines is 1. The Morgan fingerprint density at radius 1 is 1.18 bits per heavy atom. The van der Waals surface area contributed by atoms with Gasteiger partial charge in [0, 0.05) is 11.4 Å². The first-order valence-corrected chi connectivity index (χ1v) is 6.58. The van der Waals surface area contributed by atoms with E-state index < -0.39 is 5.82 Å². The number of hydrogen-bond acceptors (Lipinski definition) is 4. The van der Waals surface area contributed by atoms with E-state index in [2.05, 4.69) is 20.5 Å². The molecule has 0 aliphatic carbocycles. The van der Waals surface area contributed by atoms with Crippen LogP contribution in [0.5, 0.6) is 0 Å². The number of halogens is 1. The minimum Gasteiger partial charge on any atom is -0.326 e. The minimum atomic E-state index is -0.427. The van der Waals surface area contributed by atoms with E-state index in [0.717, 1.165) is 11.9 Å². The monoisotopic (exact) mass is 297 g/mol. The highest BCUT2D eigenvalue weighted by molar-refractivity contribution is 5.92.